The maximum Gasteiger partial charge on any atom is 0.306 e. The zero-order chi connectivity index (χ0) is 46.5. The van der Waals surface area contributed by atoms with Crippen LogP contribution in [0.3, 0.4) is 0 Å². The van der Waals surface area contributed by atoms with E-state index in [0.29, 0.717) is 19.3 Å². The van der Waals surface area contributed by atoms with Crippen molar-refractivity contribution in [3.05, 3.63) is 85.1 Å². The number of hydrogen-bond acceptors (Lipinski definition) is 6. The Balaban J connectivity index is 4.40. The fourth-order valence-corrected chi connectivity index (χ4v) is 7.18. The van der Waals surface area contributed by atoms with E-state index in [1.807, 2.05) is 0 Å². The van der Waals surface area contributed by atoms with Crippen molar-refractivity contribution in [2.45, 2.75) is 252 Å². The minimum Gasteiger partial charge on any atom is -0.462 e. The van der Waals surface area contributed by atoms with Crippen molar-refractivity contribution in [3.8, 4) is 0 Å². The molecule has 0 saturated heterocycles. The molecule has 1 atom stereocenters. The molecule has 0 aromatic rings. The highest BCUT2D eigenvalue weighted by atomic mass is 16.6. The molecule has 0 aliphatic heterocycles. The molecule has 0 aliphatic rings. The molecule has 0 aromatic heterocycles. The van der Waals surface area contributed by atoms with Crippen LogP contribution in [-0.4, -0.2) is 37.2 Å². The maximum atomic E-state index is 12.8. The molecule has 0 saturated carbocycles. The second kappa shape index (κ2) is 52.2. The van der Waals surface area contributed by atoms with Crippen molar-refractivity contribution in [1.29, 1.82) is 0 Å². The van der Waals surface area contributed by atoms with Gasteiger partial charge in [-0.3, -0.25) is 14.4 Å². The first-order valence-corrected chi connectivity index (χ1v) is 26.6. The van der Waals surface area contributed by atoms with Gasteiger partial charge in [0.2, 0.25) is 0 Å². The highest BCUT2D eigenvalue weighted by molar-refractivity contribution is 5.71. The monoisotopic (exact) mass is 891 g/mol. The number of hydrogen-bond donors (Lipinski definition) is 0. The van der Waals surface area contributed by atoms with Crippen LogP contribution in [0.1, 0.15) is 245 Å². The molecular formula is C58H98O6. The van der Waals surface area contributed by atoms with E-state index < -0.39 is 6.10 Å². The number of esters is 3. The lowest BCUT2D eigenvalue weighted by molar-refractivity contribution is -0.167. The fraction of sp³-hybridized carbons (Fsp3) is 0.707. The molecule has 366 valence electrons. The second-order valence-corrected chi connectivity index (χ2v) is 17.4. The van der Waals surface area contributed by atoms with Crippen molar-refractivity contribution in [1.82, 2.24) is 0 Å². The summed E-state index contributed by atoms with van der Waals surface area (Å²) in [6, 6.07) is 0. The number of carbonyl (C=O) groups excluding carboxylic acids is 3. The molecule has 1 unspecified atom stereocenters. The van der Waals surface area contributed by atoms with Gasteiger partial charge in [0.05, 0.1) is 0 Å². The first-order valence-electron chi connectivity index (χ1n) is 26.6. The predicted octanol–water partition coefficient (Wildman–Crippen LogP) is 17.6. The fourth-order valence-electron chi connectivity index (χ4n) is 7.18. The molecule has 6 heteroatoms. The Bertz CT molecular complexity index is 1250. The molecule has 0 bridgehead atoms. The Morgan fingerprint density at radius 3 is 1.03 bits per heavy atom. The smallest absolute Gasteiger partial charge is 0.306 e. The molecule has 0 aromatic carbocycles. The minimum absolute atomic E-state index is 0.0986. The van der Waals surface area contributed by atoms with Gasteiger partial charge in [0, 0.05) is 19.3 Å². The summed E-state index contributed by atoms with van der Waals surface area (Å²) in [4.78, 5) is 38.0. The van der Waals surface area contributed by atoms with E-state index >= 15 is 0 Å². The number of allylic oxidation sites excluding steroid dienone is 14. The molecule has 0 fully saturated rings. The van der Waals surface area contributed by atoms with Gasteiger partial charge in [-0.2, -0.15) is 0 Å². The van der Waals surface area contributed by atoms with Crippen LogP contribution in [0.5, 0.6) is 0 Å². The molecule has 0 aliphatic carbocycles. The Kier molecular flexibility index (Phi) is 49.4. The average molecular weight is 891 g/mol. The second-order valence-electron chi connectivity index (χ2n) is 17.4. The number of rotatable bonds is 47. The van der Waals surface area contributed by atoms with Crippen molar-refractivity contribution in [3.63, 3.8) is 0 Å². The van der Waals surface area contributed by atoms with E-state index in [-0.39, 0.29) is 37.5 Å². The summed E-state index contributed by atoms with van der Waals surface area (Å²) >= 11 is 0. The summed E-state index contributed by atoms with van der Waals surface area (Å²) in [5.74, 6) is -0.968. The average Bonchev–Trinajstić information content (AvgIpc) is 3.29. The van der Waals surface area contributed by atoms with Crippen LogP contribution in [-0.2, 0) is 28.6 Å². The van der Waals surface area contributed by atoms with E-state index in [1.54, 1.807) is 0 Å². The summed E-state index contributed by atoms with van der Waals surface area (Å²) < 4.78 is 16.7. The van der Waals surface area contributed by atoms with Gasteiger partial charge in [-0.15, -0.1) is 0 Å². The Morgan fingerprint density at radius 1 is 0.328 bits per heavy atom. The van der Waals surface area contributed by atoms with Crippen LogP contribution in [0.2, 0.25) is 0 Å². The summed E-state index contributed by atoms with van der Waals surface area (Å²) in [6.45, 7) is 6.35. The van der Waals surface area contributed by atoms with E-state index in [2.05, 4.69) is 106 Å². The highest BCUT2D eigenvalue weighted by Gasteiger charge is 2.19. The van der Waals surface area contributed by atoms with Crippen LogP contribution in [0.25, 0.3) is 0 Å². The number of unbranched alkanes of at least 4 members (excludes halogenated alkanes) is 22. The van der Waals surface area contributed by atoms with E-state index in [0.717, 1.165) is 96.3 Å². The first kappa shape index (κ1) is 60.6. The molecule has 64 heavy (non-hydrogen) atoms. The molecule has 6 nitrogen and oxygen atoms in total. The van der Waals surface area contributed by atoms with Crippen LogP contribution in [0.15, 0.2) is 85.1 Å². The SMILES string of the molecule is CC/C=C\C/C=C\C/C=C\CCCCCCCCCCCC(=O)OCC(COC(=O)CCC/C=C\C/C=C\C/C=C\CC)OC(=O)CCCCCCC/C=C\CCCCCCCCC. The lowest BCUT2D eigenvalue weighted by Gasteiger charge is -2.18. The quantitative estimate of drug-likeness (QED) is 0.0262. The predicted molar refractivity (Wildman–Crippen MR) is 274 cm³/mol. The first-order chi connectivity index (χ1) is 31.5. The zero-order valence-corrected chi connectivity index (χ0v) is 41.8. The zero-order valence-electron chi connectivity index (χ0n) is 41.8. The third kappa shape index (κ3) is 49.6. The van der Waals surface area contributed by atoms with Crippen LogP contribution >= 0.6 is 0 Å². The van der Waals surface area contributed by atoms with Gasteiger partial charge >= 0.3 is 17.9 Å². The lowest BCUT2D eigenvalue weighted by atomic mass is 10.1. The Morgan fingerprint density at radius 2 is 0.625 bits per heavy atom. The summed E-state index contributed by atoms with van der Waals surface area (Å²) in [5.41, 5.74) is 0. The lowest BCUT2D eigenvalue weighted by Crippen LogP contribution is -2.30. The highest BCUT2D eigenvalue weighted by Crippen LogP contribution is 2.14. The largest absolute Gasteiger partial charge is 0.462 e. The molecule has 0 spiro atoms. The van der Waals surface area contributed by atoms with Crippen molar-refractivity contribution < 1.29 is 28.6 Å². The third-order valence-electron chi connectivity index (χ3n) is 11.1. The summed E-state index contributed by atoms with van der Waals surface area (Å²) in [7, 11) is 0. The topological polar surface area (TPSA) is 78.9 Å². The van der Waals surface area contributed by atoms with Gasteiger partial charge in [-0.1, -0.05) is 209 Å². The maximum absolute atomic E-state index is 12.8. The standard InChI is InChI=1S/C58H98O6/c1-4-7-10-13-16-19-22-24-26-28-29-30-32-33-36-39-42-45-48-51-57(60)63-54-55(53-62-56(59)50-47-44-41-38-35-21-18-15-12-9-6-3)64-58(61)52-49-46-43-40-37-34-31-27-25-23-20-17-14-11-8-5-2/h7,9-10,12,16,18-19,21,24,26-27,31,38,41,55H,4-6,8,11,13-15,17,20,22-23,25,28-30,32-37,39-40,42-54H2,1-3H3/b10-7-,12-9-,19-16-,21-18-,26-24-,31-27-,41-38-. The Hall–Kier alpha value is -3.41. The van der Waals surface area contributed by atoms with Gasteiger partial charge in [-0.05, 0) is 103 Å². The van der Waals surface area contributed by atoms with Gasteiger partial charge in [0.1, 0.15) is 13.2 Å². The molecule has 0 rings (SSSR count). The van der Waals surface area contributed by atoms with Crippen LogP contribution < -0.4 is 0 Å². The van der Waals surface area contributed by atoms with E-state index in [9.17, 15) is 14.4 Å². The van der Waals surface area contributed by atoms with Crippen molar-refractivity contribution in [2.75, 3.05) is 13.2 Å². The van der Waals surface area contributed by atoms with Crippen molar-refractivity contribution >= 4 is 17.9 Å². The van der Waals surface area contributed by atoms with Gasteiger partial charge in [0.25, 0.3) is 0 Å². The summed E-state index contributed by atoms with van der Waals surface area (Å²) in [6.07, 6.45) is 67.2. The Labute approximate surface area is 395 Å². The molecule has 0 amide bonds. The number of ether oxygens (including phenoxy) is 3. The molecular weight excluding hydrogens is 793 g/mol. The van der Waals surface area contributed by atoms with Gasteiger partial charge in [0.15, 0.2) is 6.10 Å². The van der Waals surface area contributed by atoms with E-state index in [4.69, 9.17) is 14.2 Å². The van der Waals surface area contributed by atoms with Crippen LogP contribution in [0.4, 0.5) is 0 Å². The number of carbonyl (C=O) groups is 3. The minimum atomic E-state index is -0.803. The van der Waals surface area contributed by atoms with E-state index in [1.165, 1.54) is 103 Å². The van der Waals surface area contributed by atoms with Crippen LogP contribution in [0, 0.1) is 0 Å². The normalized spacial score (nSPS) is 12.7. The molecule has 0 heterocycles. The molecule has 0 radical (unpaired) electrons. The molecule has 0 N–H and O–H groups in total. The third-order valence-corrected chi connectivity index (χ3v) is 11.1. The van der Waals surface area contributed by atoms with Crippen molar-refractivity contribution in [2.24, 2.45) is 0 Å². The summed E-state index contributed by atoms with van der Waals surface area (Å²) in [5, 5.41) is 0. The van der Waals surface area contributed by atoms with Gasteiger partial charge < -0.3 is 14.2 Å². The van der Waals surface area contributed by atoms with Gasteiger partial charge in [-0.25, -0.2) is 0 Å².